The van der Waals surface area contributed by atoms with Crippen molar-refractivity contribution in [2.24, 2.45) is 5.92 Å². The SMILES string of the molecule is CCn1c(SCC(=O)NC(=O)N[C@@H]2CCCC[C@H]2C)nc2ccccc2c1=O. The highest BCUT2D eigenvalue weighted by molar-refractivity contribution is 7.99. The molecular formula is C20H26N4O3S. The number of hydrogen-bond donors (Lipinski definition) is 2. The number of imide groups is 1. The summed E-state index contributed by atoms with van der Waals surface area (Å²) in [6, 6.07) is 6.81. The third-order valence-corrected chi connectivity index (χ3v) is 6.13. The Hall–Kier alpha value is -2.35. The smallest absolute Gasteiger partial charge is 0.321 e. The number of carbonyl (C=O) groups is 2. The van der Waals surface area contributed by atoms with E-state index in [2.05, 4.69) is 22.5 Å². The van der Waals surface area contributed by atoms with Crippen molar-refractivity contribution < 1.29 is 9.59 Å². The van der Waals surface area contributed by atoms with E-state index in [1.165, 1.54) is 6.42 Å². The van der Waals surface area contributed by atoms with Crippen LogP contribution < -0.4 is 16.2 Å². The van der Waals surface area contributed by atoms with Crippen LogP contribution in [0.3, 0.4) is 0 Å². The van der Waals surface area contributed by atoms with E-state index in [-0.39, 0.29) is 17.4 Å². The summed E-state index contributed by atoms with van der Waals surface area (Å²) in [7, 11) is 0. The fourth-order valence-corrected chi connectivity index (χ4v) is 4.43. The van der Waals surface area contributed by atoms with Gasteiger partial charge in [0.15, 0.2) is 5.16 Å². The number of thioether (sulfide) groups is 1. The van der Waals surface area contributed by atoms with Crippen molar-refractivity contribution in [1.82, 2.24) is 20.2 Å². The van der Waals surface area contributed by atoms with E-state index in [4.69, 9.17) is 0 Å². The van der Waals surface area contributed by atoms with E-state index < -0.39 is 11.9 Å². The summed E-state index contributed by atoms with van der Waals surface area (Å²) in [5, 5.41) is 6.31. The average Bonchev–Trinajstić information content (AvgIpc) is 2.68. The predicted octanol–water partition coefficient (Wildman–Crippen LogP) is 2.91. The van der Waals surface area contributed by atoms with Crippen LogP contribution in [-0.4, -0.2) is 33.3 Å². The molecule has 8 heteroatoms. The number of carbonyl (C=O) groups excluding carboxylic acids is 2. The number of rotatable bonds is 5. The fourth-order valence-electron chi connectivity index (χ4n) is 3.56. The van der Waals surface area contributed by atoms with Gasteiger partial charge in [0, 0.05) is 12.6 Å². The van der Waals surface area contributed by atoms with Gasteiger partial charge < -0.3 is 5.32 Å². The Morgan fingerprint density at radius 3 is 2.75 bits per heavy atom. The molecule has 0 aliphatic heterocycles. The fraction of sp³-hybridized carbons (Fsp3) is 0.500. The van der Waals surface area contributed by atoms with Gasteiger partial charge in [0.25, 0.3) is 5.56 Å². The summed E-state index contributed by atoms with van der Waals surface area (Å²) in [6.07, 6.45) is 4.33. The van der Waals surface area contributed by atoms with Crippen LogP contribution >= 0.6 is 11.8 Å². The molecule has 3 amide bonds. The molecule has 3 rings (SSSR count). The summed E-state index contributed by atoms with van der Waals surface area (Å²) in [6.45, 7) is 4.44. The summed E-state index contributed by atoms with van der Waals surface area (Å²) >= 11 is 1.16. The molecule has 2 aromatic rings. The van der Waals surface area contributed by atoms with Crippen LogP contribution in [0, 0.1) is 5.92 Å². The second kappa shape index (κ2) is 9.23. The third kappa shape index (κ3) is 4.73. The van der Waals surface area contributed by atoms with Crippen LogP contribution in [0.15, 0.2) is 34.2 Å². The zero-order valence-electron chi connectivity index (χ0n) is 16.2. The predicted molar refractivity (Wildman–Crippen MR) is 110 cm³/mol. The van der Waals surface area contributed by atoms with E-state index in [0.717, 1.165) is 31.0 Å². The monoisotopic (exact) mass is 402 g/mol. The van der Waals surface area contributed by atoms with Gasteiger partial charge in [-0.1, -0.05) is 43.7 Å². The van der Waals surface area contributed by atoms with E-state index in [1.807, 2.05) is 13.0 Å². The third-order valence-electron chi connectivity index (χ3n) is 5.16. The Bertz CT molecular complexity index is 927. The van der Waals surface area contributed by atoms with Gasteiger partial charge in [-0.25, -0.2) is 9.78 Å². The number of aromatic nitrogens is 2. The Morgan fingerprint density at radius 2 is 2.00 bits per heavy atom. The molecule has 0 radical (unpaired) electrons. The Morgan fingerprint density at radius 1 is 1.25 bits per heavy atom. The van der Waals surface area contributed by atoms with Gasteiger partial charge >= 0.3 is 6.03 Å². The number of urea groups is 1. The molecule has 1 aromatic heterocycles. The largest absolute Gasteiger partial charge is 0.335 e. The first-order valence-corrected chi connectivity index (χ1v) is 10.7. The normalized spacial score (nSPS) is 19.4. The van der Waals surface area contributed by atoms with Crippen molar-refractivity contribution in [2.75, 3.05) is 5.75 Å². The highest BCUT2D eigenvalue weighted by atomic mass is 32.2. The van der Waals surface area contributed by atoms with Gasteiger partial charge in [-0.15, -0.1) is 0 Å². The van der Waals surface area contributed by atoms with Crippen molar-refractivity contribution in [3.05, 3.63) is 34.6 Å². The van der Waals surface area contributed by atoms with Crippen LogP contribution in [0.25, 0.3) is 10.9 Å². The van der Waals surface area contributed by atoms with Crippen LogP contribution in [0.1, 0.15) is 39.5 Å². The minimum absolute atomic E-state index is 0.0123. The maximum absolute atomic E-state index is 12.6. The van der Waals surface area contributed by atoms with Crippen LogP contribution in [-0.2, 0) is 11.3 Å². The highest BCUT2D eigenvalue weighted by Gasteiger charge is 2.23. The topological polar surface area (TPSA) is 93.1 Å². The van der Waals surface area contributed by atoms with Crippen LogP contribution in [0.2, 0.25) is 0 Å². The van der Waals surface area contributed by atoms with E-state index in [0.29, 0.717) is 28.5 Å². The molecule has 150 valence electrons. The Balaban J connectivity index is 1.61. The van der Waals surface area contributed by atoms with Gasteiger partial charge in [0.1, 0.15) is 0 Å². The molecule has 0 saturated heterocycles. The molecule has 1 saturated carbocycles. The lowest BCUT2D eigenvalue weighted by atomic mass is 9.86. The molecule has 1 aliphatic carbocycles. The lowest BCUT2D eigenvalue weighted by molar-refractivity contribution is -0.117. The summed E-state index contributed by atoms with van der Waals surface area (Å²) in [4.78, 5) is 41.4. The van der Waals surface area contributed by atoms with Crippen molar-refractivity contribution in [1.29, 1.82) is 0 Å². The molecule has 2 N–H and O–H groups in total. The molecule has 0 bridgehead atoms. The second-order valence-electron chi connectivity index (χ2n) is 7.14. The molecule has 28 heavy (non-hydrogen) atoms. The first-order valence-electron chi connectivity index (χ1n) is 9.72. The number of amides is 3. The molecular weight excluding hydrogens is 376 g/mol. The number of benzene rings is 1. The molecule has 1 fully saturated rings. The highest BCUT2D eigenvalue weighted by Crippen LogP contribution is 2.23. The first kappa shape index (κ1) is 20.4. The van der Waals surface area contributed by atoms with Gasteiger partial charge in [-0.05, 0) is 37.8 Å². The number of para-hydroxylation sites is 1. The lowest BCUT2D eigenvalue weighted by Crippen LogP contribution is -2.48. The van der Waals surface area contributed by atoms with E-state index in [9.17, 15) is 14.4 Å². The van der Waals surface area contributed by atoms with Gasteiger partial charge in [-0.3, -0.25) is 19.5 Å². The van der Waals surface area contributed by atoms with Crippen molar-refractivity contribution in [3.63, 3.8) is 0 Å². The molecule has 1 aromatic carbocycles. The molecule has 1 aliphatic rings. The van der Waals surface area contributed by atoms with Crippen molar-refractivity contribution in [3.8, 4) is 0 Å². The van der Waals surface area contributed by atoms with E-state index in [1.54, 1.807) is 22.8 Å². The lowest BCUT2D eigenvalue weighted by Gasteiger charge is -2.29. The maximum Gasteiger partial charge on any atom is 0.321 e. The summed E-state index contributed by atoms with van der Waals surface area (Å²) in [5.41, 5.74) is 0.476. The molecule has 2 atom stereocenters. The summed E-state index contributed by atoms with van der Waals surface area (Å²) in [5.74, 6) is 0.0269. The number of hydrogen-bond acceptors (Lipinski definition) is 5. The van der Waals surface area contributed by atoms with Crippen molar-refractivity contribution in [2.45, 2.75) is 57.3 Å². The van der Waals surface area contributed by atoms with Gasteiger partial charge in [0.2, 0.25) is 5.91 Å². The average molecular weight is 403 g/mol. The minimum atomic E-state index is -0.455. The first-order chi connectivity index (χ1) is 13.5. The minimum Gasteiger partial charge on any atom is -0.335 e. The molecule has 0 spiro atoms. The van der Waals surface area contributed by atoms with Crippen LogP contribution in [0.5, 0.6) is 0 Å². The number of nitrogens with zero attached hydrogens (tertiary/aromatic N) is 2. The standard InChI is InChI=1S/C20H26N4O3S/c1-3-24-18(26)14-9-5-7-11-16(14)22-20(24)28-12-17(25)23-19(27)21-15-10-6-4-8-13(15)2/h5,7,9,11,13,15H,3-4,6,8,10,12H2,1-2H3,(H2,21,23,25,27)/t13-,15-/m1/s1. The zero-order chi connectivity index (χ0) is 20.1. The van der Waals surface area contributed by atoms with Crippen LogP contribution in [0.4, 0.5) is 4.79 Å². The number of fused-ring (bicyclic) bond motifs is 1. The Kier molecular flexibility index (Phi) is 6.72. The van der Waals surface area contributed by atoms with Gasteiger partial charge in [-0.2, -0.15) is 0 Å². The zero-order valence-corrected chi connectivity index (χ0v) is 17.1. The summed E-state index contributed by atoms with van der Waals surface area (Å²) < 4.78 is 1.55. The van der Waals surface area contributed by atoms with Crippen molar-refractivity contribution >= 4 is 34.6 Å². The molecule has 7 nitrogen and oxygen atoms in total. The molecule has 0 unspecified atom stereocenters. The Labute approximate surface area is 168 Å². The van der Waals surface area contributed by atoms with Gasteiger partial charge in [0.05, 0.1) is 16.7 Å². The molecule has 1 heterocycles. The quantitative estimate of drug-likeness (QED) is 0.592. The van der Waals surface area contributed by atoms with E-state index >= 15 is 0 Å². The maximum atomic E-state index is 12.6. The number of nitrogens with one attached hydrogen (secondary N) is 2. The second-order valence-corrected chi connectivity index (χ2v) is 8.08.